The molecule has 1 nitrogen and oxygen atoms in total. The second-order valence-corrected chi connectivity index (χ2v) is 15.6. The van der Waals surface area contributed by atoms with Gasteiger partial charge >= 0.3 is 0 Å². The van der Waals surface area contributed by atoms with Crippen LogP contribution in [0.25, 0.3) is 64.7 Å². The molecule has 53 heavy (non-hydrogen) atoms. The molecule has 0 spiro atoms. The number of hydrogen-bond acceptors (Lipinski definition) is 2. The van der Waals surface area contributed by atoms with Crippen molar-refractivity contribution in [1.29, 1.82) is 0 Å². The lowest BCUT2D eigenvalue weighted by atomic mass is 9.82. The summed E-state index contributed by atoms with van der Waals surface area (Å²) in [7, 11) is 0. The van der Waals surface area contributed by atoms with Crippen LogP contribution in [-0.2, 0) is 5.41 Å². The zero-order chi connectivity index (χ0) is 35.5. The maximum atomic E-state index is 2.47. The molecule has 10 rings (SSSR count). The Kier molecular flexibility index (Phi) is 7.42. The topological polar surface area (TPSA) is 3.24 Å². The molecule has 0 radical (unpaired) electrons. The number of thiophene rings is 1. The lowest BCUT2D eigenvalue weighted by Crippen LogP contribution is -2.15. The first kappa shape index (κ1) is 31.5. The third-order valence-electron chi connectivity index (χ3n) is 11.1. The highest BCUT2D eigenvalue weighted by Crippen LogP contribution is 2.52. The molecule has 252 valence electrons. The quantitative estimate of drug-likeness (QED) is 0.167. The third-order valence-corrected chi connectivity index (χ3v) is 12.2. The van der Waals surface area contributed by atoms with E-state index in [4.69, 9.17) is 0 Å². The van der Waals surface area contributed by atoms with Crippen LogP contribution >= 0.6 is 11.3 Å². The zero-order valence-electron chi connectivity index (χ0n) is 29.8. The Morgan fingerprint density at radius 2 is 1.00 bits per heavy atom. The minimum Gasteiger partial charge on any atom is -0.310 e. The van der Waals surface area contributed by atoms with Crippen LogP contribution in [0.1, 0.15) is 25.0 Å². The van der Waals surface area contributed by atoms with E-state index in [1.807, 2.05) is 11.3 Å². The van der Waals surface area contributed by atoms with Gasteiger partial charge in [0.1, 0.15) is 0 Å². The van der Waals surface area contributed by atoms with Crippen LogP contribution in [0.3, 0.4) is 0 Å². The summed E-state index contributed by atoms with van der Waals surface area (Å²) < 4.78 is 2.62. The number of nitrogens with zero attached hydrogens (tertiary/aromatic N) is 1. The molecule has 0 unspecified atom stereocenters. The van der Waals surface area contributed by atoms with E-state index in [-0.39, 0.29) is 5.41 Å². The Morgan fingerprint density at radius 1 is 0.396 bits per heavy atom. The summed E-state index contributed by atoms with van der Waals surface area (Å²) >= 11 is 1.86. The van der Waals surface area contributed by atoms with Gasteiger partial charge in [-0.25, -0.2) is 0 Å². The van der Waals surface area contributed by atoms with Crippen molar-refractivity contribution in [3.05, 3.63) is 199 Å². The van der Waals surface area contributed by atoms with E-state index < -0.39 is 0 Å². The van der Waals surface area contributed by atoms with Crippen LogP contribution < -0.4 is 4.90 Å². The second-order valence-electron chi connectivity index (χ2n) is 14.5. The van der Waals surface area contributed by atoms with Crippen molar-refractivity contribution < 1.29 is 0 Å². The molecule has 1 heterocycles. The van der Waals surface area contributed by atoms with Crippen LogP contribution in [0.2, 0.25) is 0 Å². The maximum absolute atomic E-state index is 2.47. The number of rotatable bonds is 6. The van der Waals surface area contributed by atoms with E-state index in [2.05, 4.69) is 207 Å². The van der Waals surface area contributed by atoms with Crippen LogP contribution in [-0.4, -0.2) is 0 Å². The van der Waals surface area contributed by atoms with E-state index in [1.54, 1.807) is 0 Å². The highest BCUT2D eigenvalue weighted by atomic mass is 32.1. The van der Waals surface area contributed by atoms with Gasteiger partial charge in [-0.1, -0.05) is 153 Å². The monoisotopic (exact) mass is 695 g/mol. The fourth-order valence-corrected chi connectivity index (χ4v) is 9.56. The van der Waals surface area contributed by atoms with Crippen molar-refractivity contribution in [2.45, 2.75) is 19.3 Å². The summed E-state index contributed by atoms with van der Waals surface area (Å²) in [6.07, 6.45) is 0. The second kappa shape index (κ2) is 12.5. The average molecular weight is 696 g/mol. The highest BCUT2D eigenvalue weighted by Gasteiger charge is 2.35. The average Bonchev–Trinajstić information content (AvgIpc) is 3.70. The Morgan fingerprint density at radius 3 is 1.81 bits per heavy atom. The van der Waals surface area contributed by atoms with Crippen LogP contribution in [0.15, 0.2) is 188 Å². The first-order chi connectivity index (χ1) is 26.0. The standard InChI is InChI=1S/C51H37NS/c1-51(2)45-21-11-9-18-41(45)43-33-39(29-30-46(43)51)52(38-27-24-35(25-28-38)34-14-5-3-6-15-34)47-22-13-20-40(36-16-7-4-8-17-36)50(47)37-26-31-49-44(32-37)42-19-10-12-23-48(42)53-49/h3-33H,1-2H3. The minimum absolute atomic E-state index is 0.0657. The molecule has 1 aromatic heterocycles. The first-order valence-corrected chi connectivity index (χ1v) is 19.2. The normalized spacial score (nSPS) is 12.9. The molecule has 1 aliphatic rings. The van der Waals surface area contributed by atoms with Gasteiger partial charge in [0.05, 0.1) is 5.69 Å². The van der Waals surface area contributed by atoms with Crippen molar-refractivity contribution in [3.8, 4) is 44.5 Å². The van der Waals surface area contributed by atoms with E-state index in [9.17, 15) is 0 Å². The van der Waals surface area contributed by atoms with Gasteiger partial charge in [-0.2, -0.15) is 0 Å². The number of hydrogen-bond donors (Lipinski definition) is 0. The van der Waals surface area contributed by atoms with Crippen molar-refractivity contribution >= 4 is 48.6 Å². The van der Waals surface area contributed by atoms with Crippen LogP contribution in [0, 0.1) is 0 Å². The van der Waals surface area contributed by atoms with Gasteiger partial charge in [0, 0.05) is 42.5 Å². The molecule has 0 aliphatic heterocycles. The van der Waals surface area contributed by atoms with Gasteiger partial charge in [-0.3, -0.25) is 0 Å². The Balaban J connectivity index is 1.24. The largest absolute Gasteiger partial charge is 0.310 e. The van der Waals surface area contributed by atoms with Crippen molar-refractivity contribution in [3.63, 3.8) is 0 Å². The molecule has 2 heteroatoms. The van der Waals surface area contributed by atoms with E-state index >= 15 is 0 Å². The minimum atomic E-state index is -0.0657. The lowest BCUT2D eigenvalue weighted by molar-refractivity contribution is 0.660. The molecular weight excluding hydrogens is 659 g/mol. The van der Waals surface area contributed by atoms with Gasteiger partial charge in [-0.05, 0) is 98.6 Å². The summed E-state index contributed by atoms with van der Waals surface area (Å²) in [6, 6.07) is 69.2. The van der Waals surface area contributed by atoms with Gasteiger partial charge in [-0.15, -0.1) is 11.3 Å². The molecule has 1 aliphatic carbocycles. The summed E-state index contributed by atoms with van der Waals surface area (Å²) in [6.45, 7) is 4.70. The van der Waals surface area contributed by atoms with Crippen molar-refractivity contribution in [2.75, 3.05) is 4.90 Å². The molecule has 0 saturated heterocycles. The smallest absolute Gasteiger partial charge is 0.0546 e. The van der Waals surface area contributed by atoms with Gasteiger partial charge in [0.15, 0.2) is 0 Å². The molecule has 0 saturated carbocycles. The van der Waals surface area contributed by atoms with Crippen LogP contribution in [0.5, 0.6) is 0 Å². The molecule has 0 fully saturated rings. The van der Waals surface area contributed by atoms with Crippen molar-refractivity contribution in [1.82, 2.24) is 0 Å². The SMILES string of the molecule is CC1(C)c2ccccc2-c2cc(N(c3ccc(-c4ccccc4)cc3)c3cccc(-c4ccccc4)c3-c3ccc4sc5ccccc5c4c3)ccc21. The van der Waals surface area contributed by atoms with E-state index in [0.717, 1.165) is 17.1 Å². The lowest BCUT2D eigenvalue weighted by Gasteiger charge is -2.30. The molecule has 0 amide bonds. The fourth-order valence-electron chi connectivity index (χ4n) is 8.48. The predicted octanol–water partition coefficient (Wildman–Crippen LogP) is 14.8. The third kappa shape index (κ3) is 5.21. The summed E-state index contributed by atoms with van der Waals surface area (Å²) in [5.41, 5.74) is 15.9. The van der Waals surface area contributed by atoms with Crippen LogP contribution in [0.4, 0.5) is 17.1 Å². The van der Waals surface area contributed by atoms with E-state index in [0.29, 0.717) is 0 Å². The molecule has 0 atom stereocenters. The van der Waals surface area contributed by atoms with Gasteiger partial charge in [0.2, 0.25) is 0 Å². The maximum Gasteiger partial charge on any atom is 0.0546 e. The molecule has 9 aromatic rings. The summed E-state index contributed by atoms with van der Waals surface area (Å²) in [5.74, 6) is 0. The molecule has 0 bridgehead atoms. The van der Waals surface area contributed by atoms with Crippen molar-refractivity contribution in [2.24, 2.45) is 0 Å². The molecule has 8 aromatic carbocycles. The molecule has 0 N–H and O–H groups in total. The summed E-state index contributed by atoms with van der Waals surface area (Å²) in [4.78, 5) is 2.47. The number of benzene rings is 8. The first-order valence-electron chi connectivity index (χ1n) is 18.3. The predicted molar refractivity (Wildman–Crippen MR) is 228 cm³/mol. The Bertz CT molecular complexity index is 2790. The zero-order valence-corrected chi connectivity index (χ0v) is 30.6. The fraction of sp³-hybridized carbons (Fsp3) is 0.0588. The number of anilines is 3. The number of fused-ring (bicyclic) bond motifs is 6. The Labute approximate surface area is 315 Å². The Hall–Kier alpha value is -6.22. The summed E-state index contributed by atoms with van der Waals surface area (Å²) in [5, 5.41) is 2.60. The van der Waals surface area contributed by atoms with Gasteiger partial charge < -0.3 is 4.90 Å². The molecular formula is C51H37NS. The van der Waals surface area contributed by atoms with Gasteiger partial charge in [0.25, 0.3) is 0 Å². The van der Waals surface area contributed by atoms with E-state index in [1.165, 1.54) is 75.8 Å². The highest BCUT2D eigenvalue weighted by molar-refractivity contribution is 7.25.